The Kier molecular flexibility index (Phi) is 4.64. The van der Waals surface area contributed by atoms with Crippen LogP contribution in [0.3, 0.4) is 0 Å². The maximum Gasteiger partial charge on any atom is 0.256 e. The number of aromatic nitrogens is 2. The lowest BCUT2D eigenvalue weighted by Gasteiger charge is -2.33. The zero-order chi connectivity index (χ0) is 18.9. The number of rotatable bonds is 3. The number of fused-ring (bicyclic) bond motifs is 2. The molecule has 1 amide bonds. The second-order valence-electron chi connectivity index (χ2n) is 8.07. The number of furan rings is 1. The van der Waals surface area contributed by atoms with E-state index < -0.39 is 0 Å². The molecule has 0 spiro atoms. The van der Waals surface area contributed by atoms with Crippen molar-refractivity contribution in [2.45, 2.75) is 50.5 Å². The van der Waals surface area contributed by atoms with Crippen molar-refractivity contribution in [3.05, 3.63) is 48.1 Å². The Morgan fingerprint density at radius 1 is 1.18 bits per heavy atom. The number of hydrogen-bond donors (Lipinski definition) is 2. The summed E-state index contributed by atoms with van der Waals surface area (Å²) >= 11 is 0. The summed E-state index contributed by atoms with van der Waals surface area (Å²) in [5, 5.41) is 3.91. The summed E-state index contributed by atoms with van der Waals surface area (Å²) in [5.41, 5.74) is 2.75. The molecule has 0 bridgehead atoms. The minimum Gasteiger partial charge on any atom is -0.464 e. The summed E-state index contributed by atoms with van der Waals surface area (Å²) in [7, 11) is 0. The van der Waals surface area contributed by atoms with E-state index in [-0.39, 0.29) is 5.91 Å². The van der Waals surface area contributed by atoms with Crippen molar-refractivity contribution >= 4 is 22.7 Å². The van der Waals surface area contributed by atoms with Gasteiger partial charge in [0, 0.05) is 22.6 Å². The lowest BCUT2D eigenvalue weighted by atomic mass is 9.90. The van der Waals surface area contributed by atoms with E-state index in [2.05, 4.69) is 20.2 Å². The maximum absolute atomic E-state index is 12.6. The number of anilines is 1. The average molecular weight is 378 g/mol. The lowest BCUT2D eigenvalue weighted by Crippen LogP contribution is -2.38. The molecule has 2 N–H and O–H groups in total. The van der Waals surface area contributed by atoms with Crippen LogP contribution in [0.5, 0.6) is 0 Å². The molecule has 2 aliphatic heterocycles. The monoisotopic (exact) mass is 378 g/mol. The van der Waals surface area contributed by atoms with Crippen LogP contribution in [0.2, 0.25) is 0 Å². The molecule has 3 aromatic rings. The van der Waals surface area contributed by atoms with E-state index in [9.17, 15) is 4.79 Å². The van der Waals surface area contributed by atoms with Crippen molar-refractivity contribution < 1.29 is 9.21 Å². The van der Waals surface area contributed by atoms with Gasteiger partial charge >= 0.3 is 0 Å². The molecule has 2 saturated heterocycles. The molecular formula is C22H26N4O2. The largest absolute Gasteiger partial charge is 0.464 e. The predicted molar refractivity (Wildman–Crippen MR) is 109 cm³/mol. The molecular weight excluding hydrogens is 352 g/mol. The first-order valence-electron chi connectivity index (χ1n) is 10.3. The van der Waals surface area contributed by atoms with E-state index in [1.54, 1.807) is 12.5 Å². The second-order valence-corrected chi connectivity index (χ2v) is 8.07. The van der Waals surface area contributed by atoms with Gasteiger partial charge in [-0.25, -0.2) is 4.98 Å². The van der Waals surface area contributed by atoms with Gasteiger partial charge in [0.1, 0.15) is 11.4 Å². The Morgan fingerprint density at radius 2 is 2.14 bits per heavy atom. The fourth-order valence-electron chi connectivity index (χ4n) is 4.88. The molecule has 2 unspecified atom stereocenters. The van der Waals surface area contributed by atoms with E-state index >= 15 is 0 Å². The molecule has 0 aliphatic carbocycles. The van der Waals surface area contributed by atoms with Gasteiger partial charge in [0.2, 0.25) is 0 Å². The molecule has 6 nitrogen and oxygen atoms in total. The maximum atomic E-state index is 12.6. The SMILES string of the molecule is O=C(Nc1cnc[nH]1)c1ccc2occ(C3CCC4CCCCN4CC3)c2c1. The number of nitrogens with zero attached hydrogens (tertiary/aromatic N) is 2. The smallest absolute Gasteiger partial charge is 0.256 e. The van der Waals surface area contributed by atoms with Gasteiger partial charge < -0.3 is 19.6 Å². The van der Waals surface area contributed by atoms with Crippen molar-refractivity contribution in [2.24, 2.45) is 0 Å². The molecule has 0 saturated carbocycles. The highest BCUT2D eigenvalue weighted by Crippen LogP contribution is 2.37. The van der Waals surface area contributed by atoms with Gasteiger partial charge in [-0.05, 0) is 69.3 Å². The van der Waals surface area contributed by atoms with E-state index in [1.807, 2.05) is 24.5 Å². The summed E-state index contributed by atoms with van der Waals surface area (Å²) in [6.45, 7) is 2.42. The van der Waals surface area contributed by atoms with E-state index in [1.165, 1.54) is 50.8 Å². The second kappa shape index (κ2) is 7.43. The zero-order valence-corrected chi connectivity index (χ0v) is 16.0. The molecule has 146 valence electrons. The van der Waals surface area contributed by atoms with Crippen molar-refractivity contribution in [2.75, 3.05) is 18.4 Å². The molecule has 2 atom stereocenters. The van der Waals surface area contributed by atoms with Gasteiger partial charge in [-0.2, -0.15) is 0 Å². The van der Waals surface area contributed by atoms with Gasteiger partial charge in [0.15, 0.2) is 0 Å². The van der Waals surface area contributed by atoms with Crippen LogP contribution in [-0.4, -0.2) is 39.9 Å². The Balaban J connectivity index is 1.39. The van der Waals surface area contributed by atoms with Gasteiger partial charge in [0.05, 0.1) is 18.8 Å². The first kappa shape index (κ1) is 17.5. The van der Waals surface area contributed by atoms with Crippen molar-refractivity contribution in [3.8, 4) is 0 Å². The molecule has 28 heavy (non-hydrogen) atoms. The third-order valence-electron chi connectivity index (χ3n) is 6.41. The number of piperidine rings is 1. The summed E-state index contributed by atoms with van der Waals surface area (Å²) in [4.78, 5) is 22.1. The Morgan fingerprint density at radius 3 is 3.04 bits per heavy atom. The summed E-state index contributed by atoms with van der Waals surface area (Å²) in [6.07, 6.45) is 12.7. The molecule has 2 aromatic heterocycles. The summed E-state index contributed by atoms with van der Waals surface area (Å²) in [5.74, 6) is 0.951. The highest BCUT2D eigenvalue weighted by Gasteiger charge is 2.29. The standard InChI is InChI=1S/C22H26N4O2/c27-22(25-21-12-23-14-24-21)16-5-7-20-18(11-16)19(13-28-20)15-4-6-17-3-1-2-9-26(17)10-8-15/h5,7,11-15,17H,1-4,6,8-10H2,(H,23,24)(H,25,27). The highest BCUT2D eigenvalue weighted by molar-refractivity contribution is 6.05. The van der Waals surface area contributed by atoms with Crippen molar-refractivity contribution in [1.82, 2.24) is 14.9 Å². The van der Waals surface area contributed by atoms with Crippen molar-refractivity contribution in [3.63, 3.8) is 0 Å². The van der Waals surface area contributed by atoms with Crippen LogP contribution in [0, 0.1) is 0 Å². The number of amides is 1. The minimum atomic E-state index is -0.142. The molecule has 4 heterocycles. The Bertz CT molecular complexity index is 946. The number of aromatic amines is 1. The summed E-state index contributed by atoms with van der Waals surface area (Å²) < 4.78 is 5.84. The number of benzene rings is 1. The van der Waals surface area contributed by atoms with Crippen LogP contribution in [0.15, 0.2) is 41.4 Å². The van der Waals surface area contributed by atoms with Crippen LogP contribution < -0.4 is 5.32 Å². The first-order valence-corrected chi connectivity index (χ1v) is 10.3. The van der Waals surface area contributed by atoms with E-state index in [4.69, 9.17) is 4.42 Å². The topological polar surface area (TPSA) is 74.2 Å². The number of carbonyl (C=O) groups excluding carboxylic acids is 1. The fraction of sp³-hybridized carbons (Fsp3) is 0.455. The Labute approximate surface area is 164 Å². The van der Waals surface area contributed by atoms with E-state index in [0.717, 1.165) is 23.4 Å². The molecule has 2 fully saturated rings. The average Bonchev–Trinajstić information content (AvgIpc) is 3.33. The highest BCUT2D eigenvalue weighted by atomic mass is 16.3. The van der Waals surface area contributed by atoms with Crippen LogP contribution in [-0.2, 0) is 0 Å². The van der Waals surface area contributed by atoms with E-state index in [0.29, 0.717) is 17.3 Å². The third kappa shape index (κ3) is 3.33. The minimum absolute atomic E-state index is 0.142. The predicted octanol–water partition coefficient (Wildman–Crippen LogP) is 4.53. The third-order valence-corrected chi connectivity index (χ3v) is 6.41. The molecule has 2 aliphatic rings. The van der Waals surface area contributed by atoms with Crippen LogP contribution in [0.25, 0.3) is 11.0 Å². The van der Waals surface area contributed by atoms with Crippen LogP contribution >= 0.6 is 0 Å². The quantitative estimate of drug-likeness (QED) is 0.702. The van der Waals surface area contributed by atoms with Crippen LogP contribution in [0.4, 0.5) is 5.82 Å². The summed E-state index contributed by atoms with van der Waals surface area (Å²) in [6, 6.07) is 6.45. The number of hydrogen-bond acceptors (Lipinski definition) is 4. The molecule has 5 rings (SSSR count). The zero-order valence-electron chi connectivity index (χ0n) is 16.0. The molecule has 1 aromatic carbocycles. The van der Waals surface area contributed by atoms with Gasteiger partial charge in [-0.1, -0.05) is 6.42 Å². The van der Waals surface area contributed by atoms with Crippen LogP contribution in [0.1, 0.15) is 60.4 Å². The van der Waals surface area contributed by atoms with Crippen molar-refractivity contribution in [1.29, 1.82) is 0 Å². The fourth-order valence-corrected chi connectivity index (χ4v) is 4.88. The van der Waals surface area contributed by atoms with Gasteiger partial charge in [-0.3, -0.25) is 4.79 Å². The first-order chi connectivity index (χ1) is 13.8. The normalized spacial score (nSPS) is 23.3. The number of carbonyl (C=O) groups is 1. The molecule has 6 heteroatoms. The van der Waals surface area contributed by atoms with Gasteiger partial charge in [0.25, 0.3) is 5.91 Å². The lowest BCUT2D eigenvalue weighted by molar-refractivity contribution is 0.102. The number of H-pyrrole nitrogens is 1. The molecule has 0 radical (unpaired) electrons. The van der Waals surface area contributed by atoms with Gasteiger partial charge in [-0.15, -0.1) is 0 Å². The number of nitrogens with one attached hydrogen (secondary N) is 2. The Hall–Kier alpha value is -2.60. The number of imidazole rings is 1.